The van der Waals surface area contributed by atoms with Crippen molar-refractivity contribution in [3.05, 3.63) is 30.6 Å². The molecule has 2 aromatic heterocycles. The lowest BCUT2D eigenvalue weighted by Gasteiger charge is -2.18. The molecule has 7 nitrogen and oxygen atoms in total. The first-order chi connectivity index (χ1) is 11.1. The predicted molar refractivity (Wildman–Crippen MR) is 89.2 cm³/mol. The van der Waals surface area contributed by atoms with Crippen LogP contribution in [0.2, 0.25) is 0 Å². The largest absolute Gasteiger partial charge is 0.360 e. The molecule has 0 aliphatic carbocycles. The minimum Gasteiger partial charge on any atom is -0.360 e. The van der Waals surface area contributed by atoms with Gasteiger partial charge < -0.3 is 20.5 Å². The highest BCUT2D eigenvalue weighted by molar-refractivity contribution is 5.74. The summed E-state index contributed by atoms with van der Waals surface area (Å²) >= 11 is 0. The van der Waals surface area contributed by atoms with Gasteiger partial charge in [-0.3, -0.25) is 0 Å². The number of anilines is 1. The first-order valence-electron chi connectivity index (χ1n) is 7.90. The third-order valence-electron chi connectivity index (χ3n) is 3.74. The number of nitrogens with zero attached hydrogens (tertiary/aromatic N) is 3. The Morgan fingerprint density at radius 1 is 1.43 bits per heavy atom. The second-order valence-corrected chi connectivity index (χ2v) is 6.03. The van der Waals surface area contributed by atoms with Gasteiger partial charge in [-0.25, -0.2) is 14.8 Å². The molecule has 2 amide bonds. The van der Waals surface area contributed by atoms with Gasteiger partial charge in [0.2, 0.25) is 5.95 Å². The third kappa shape index (κ3) is 3.80. The summed E-state index contributed by atoms with van der Waals surface area (Å²) < 4.78 is 0. The minimum absolute atomic E-state index is 0.117. The van der Waals surface area contributed by atoms with Crippen LogP contribution in [0.15, 0.2) is 30.6 Å². The molecule has 1 aliphatic heterocycles. The molecule has 122 valence electrons. The molecule has 3 N–H and O–H groups in total. The third-order valence-corrected chi connectivity index (χ3v) is 3.74. The van der Waals surface area contributed by atoms with Crippen molar-refractivity contribution in [3.63, 3.8) is 0 Å². The lowest BCUT2D eigenvalue weighted by molar-refractivity contribution is 0.235. The van der Waals surface area contributed by atoms with Crippen molar-refractivity contribution in [1.29, 1.82) is 0 Å². The second kappa shape index (κ2) is 6.68. The summed E-state index contributed by atoms with van der Waals surface area (Å²) in [4.78, 5) is 26.0. The van der Waals surface area contributed by atoms with Gasteiger partial charge in [0, 0.05) is 37.6 Å². The minimum atomic E-state index is -0.118. The summed E-state index contributed by atoms with van der Waals surface area (Å²) in [6, 6.07) is 5.95. The smallest absolute Gasteiger partial charge is 0.315 e. The number of carbonyl (C=O) groups excluding carboxylic acids is 1. The number of urea groups is 1. The van der Waals surface area contributed by atoms with E-state index in [1.807, 2.05) is 38.2 Å². The molecule has 0 aromatic carbocycles. The second-order valence-electron chi connectivity index (χ2n) is 6.03. The first-order valence-corrected chi connectivity index (χ1v) is 7.90. The van der Waals surface area contributed by atoms with Crippen LogP contribution in [0.3, 0.4) is 0 Å². The van der Waals surface area contributed by atoms with Crippen molar-refractivity contribution in [1.82, 2.24) is 25.6 Å². The molecule has 1 aliphatic rings. The molecule has 0 radical (unpaired) electrons. The van der Waals surface area contributed by atoms with E-state index in [1.54, 1.807) is 6.20 Å². The maximum atomic E-state index is 11.8. The monoisotopic (exact) mass is 314 g/mol. The van der Waals surface area contributed by atoms with Crippen LogP contribution in [0.25, 0.3) is 11.4 Å². The van der Waals surface area contributed by atoms with Crippen molar-refractivity contribution in [2.24, 2.45) is 0 Å². The summed E-state index contributed by atoms with van der Waals surface area (Å²) in [6.45, 7) is 5.45. The summed E-state index contributed by atoms with van der Waals surface area (Å²) in [7, 11) is 0. The van der Waals surface area contributed by atoms with E-state index in [1.165, 1.54) is 0 Å². The molecule has 1 fully saturated rings. The fourth-order valence-corrected chi connectivity index (χ4v) is 2.69. The molecule has 23 heavy (non-hydrogen) atoms. The summed E-state index contributed by atoms with van der Waals surface area (Å²) in [5.41, 5.74) is 1.84. The van der Waals surface area contributed by atoms with Gasteiger partial charge in [-0.05, 0) is 38.5 Å². The number of carbonyl (C=O) groups is 1. The molecular formula is C16H22N6O. The molecule has 3 rings (SSSR count). The molecule has 3 heterocycles. The maximum Gasteiger partial charge on any atom is 0.315 e. The molecule has 0 spiro atoms. The number of amides is 2. The Morgan fingerprint density at radius 2 is 2.30 bits per heavy atom. The van der Waals surface area contributed by atoms with Crippen LogP contribution in [0.5, 0.6) is 0 Å². The molecule has 0 saturated carbocycles. The average Bonchev–Trinajstić information content (AvgIpc) is 3.18. The summed E-state index contributed by atoms with van der Waals surface area (Å²) in [6.07, 6.45) is 4.53. The lowest BCUT2D eigenvalue weighted by Crippen LogP contribution is -2.45. The fourth-order valence-electron chi connectivity index (χ4n) is 2.69. The van der Waals surface area contributed by atoms with E-state index in [9.17, 15) is 4.79 Å². The highest BCUT2D eigenvalue weighted by Crippen LogP contribution is 2.20. The topological polar surface area (TPSA) is 85.9 Å². The standard InChI is InChI=1S/C16H22N6O/c1-11(2)19-16(23)20-12-6-9-22(10-12)15-18-8-5-14(21-15)13-4-3-7-17-13/h3-5,7-8,11-12,17H,6,9-10H2,1-2H3,(H2,19,20,23). The van der Waals surface area contributed by atoms with Crippen LogP contribution in [0.1, 0.15) is 20.3 Å². The van der Waals surface area contributed by atoms with Crippen molar-refractivity contribution in [3.8, 4) is 11.4 Å². The number of H-pyrrole nitrogens is 1. The predicted octanol–water partition coefficient (Wildman–Crippen LogP) is 1.76. The quantitative estimate of drug-likeness (QED) is 0.802. The van der Waals surface area contributed by atoms with Crippen LogP contribution in [0.4, 0.5) is 10.7 Å². The highest BCUT2D eigenvalue weighted by Gasteiger charge is 2.26. The zero-order chi connectivity index (χ0) is 16.2. The van der Waals surface area contributed by atoms with Gasteiger partial charge >= 0.3 is 6.03 Å². The van der Waals surface area contributed by atoms with Crippen molar-refractivity contribution in [2.75, 3.05) is 18.0 Å². The van der Waals surface area contributed by atoms with Crippen molar-refractivity contribution in [2.45, 2.75) is 32.4 Å². The number of rotatable bonds is 4. The SMILES string of the molecule is CC(C)NC(=O)NC1CCN(c2nccc(-c3ccc[nH]3)n2)C1. The number of hydrogen-bond acceptors (Lipinski definition) is 4. The van der Waals surface area contributed by atoms with Crippen molar-refractivity contribution < 1.29 is 4.79 Å². The highest BCUT2D eigenvalue weighted by atomic mass is 16.2. The summed E-state index contributed by atoms with van der Waals surface area (Å²) in [5.74, 6) is 0.700. The molecule has 2 aromatic rings. The Kier molecular flexibility index (Phi) is 4.45. The van der Waals surface area contributed by atoms with E-state index in [0.717, 1.165) is 30.9 Å². The normalized spacial score (nSPS) is 17.5. The van der Waals surface area contributed by atoms with E-state index >= 15 is 0 Å². The Morgan fingerprint density at radius 3 is 3.04 bits per heavy atom. The van der Waals surface area contributed by atoms with Crippen molar-refractivity contribution >= 4 is 12.0 Å². The molecule has 1 saturated heterocycles. The van der Waals surface area contributed by atoms with Crippen LogP contribution < -0.4 is 15.5 Å². The van der Waals surface area contributed by atoms with Gasteiger partial charge in [0.1, 0.15) is 0 Å². The number of hydrogen-bond donors (Lipinski definition) is 3. The molecule has 0 bridgehead atoms. The van der Waals surface area contributed by atoms with E-state index in [0.29, 0.717) is 5.95 Å². The maximum absolute atomic E-state index is 11.8. The van der Waals surface area contributed by atoms with Crippen LogP contribution in [-0.4, -0.2) is 46.2 Å². The zero-order valence-corrected chi connectivity index (χ0v) is 13.4. The van der Waals surface area contributed by atoms with E-state index in [-0.39, 0.29) is 18.1 Å². The van der Waals surface area contributed by atoms with E-state index in [4.69, 9.17) is 0 Å². The lowest BCUT2D eigenvalue weighted by atomic mass is 10.3. The van der Waals surface area contributed by atoms with Gasteiger partial charge in [0.25, 0.3) is 0 Å². The fraction of sp³-hybridized carbons (Fsp3) is 0.438. The van der Waals surface area contributed by atoms with Gasteiger partial charge in [-0.2, -0.15) is 0 Å². The summed E-state index contributed by atoms with van der Waals surface area (Å²) in [5, 5.41) is 5.85. The molecule has 1 atom stereocenters. The number of aromatic nitrogens is 3. The zero-order valence-electron chi connectivity index (χ0n) is 13.4. The van der Waals surface area contributed by atoms with Gasteiger partial charge in [-0.1, -0.05) is 0 Å². The molecule has 7 heteroatoms. The van der Waals surface area contributed by atoms with Crippen LogP contribution in [0, 0.1) is 0 Å². The van der Waals surface area contributed by atoms with Gasteiger partial charge in [-0.15, -0.1) is 0 Å². The molecule has 1 unspecified atom stereocenters. The Hall–Kier alpha value is -2.57. The number of aromatic amines is 1. The van der Waals surface area contributed by atoms with E-state index < -0.39 is 0 Å². The molecular weight excluding hydrogens is 292 g/mol. The van der Waals surface area contributed by atoms with Gasteiger partial charge in [0.05, 0.1) is 11.4 Å². The van der Waals surface area contributed by atoms with Crippen LogP contribution >= 0.6 is 0 Å². The number of nitrogens with one attached hydrogen (secondary N) is 3. The Balaban J connectivity index is 1.63. The Bertz CT molecular complexity index is 654. The van der Waals surface area contributed by atoms with Gasteiger partial charge in [0.15, 0.2) is 0 Å². The van der Waals surface area contributed by atoms with E-state index in [2.05, 4.69) is 30.5 Å². The van der Waals surface area contributed by atoms with Crippen LogP contribution in [-0.2, 0) is 0 Å². The first kappa shape index (κ1) is 15.3. The average molecular weight is 314 g/mol. The Labute approximate surface area is 135 Å².